The van der Waals surface area contributed by atoms with Crippen LogP contribution in [-0.4, -0.2) is 14.6 Å². The fourth-order valence-corrected chi connectivity index (χ4v) is 4.65. The number of fused-ring (bicyclic) bond motifs is 1. The van der Waals surface area contributed by atoms with Crippen molar-refractivity contribution in [1.82, 2.24) is 14.6 Å². The van der Waals surface area contributed by atoms with E-state index in [2.05, 4.69) is 84.9 Å². The predicted octanol–water partition coefficient (Wildman–Crippen LogP) is 7.64. The molecule has 1 unspecified atom stereocenters. The van der Waals surface area contributed by atoms with Gasteiger partial charge in [0, 0.05) is 18.2 Å². The Hall–Kier alpha value is -3.64. The quantitative estimate of drug-likeness (QED) is 0.247. The first-order valence-corrected chi connectivity index (χ1v) is 12.4. The minimum absolute atomic E-state index is 0.167. The van der Waals surface area contributed by atoms with Crippen LogP contribution in [0.15, 0.2) is 96.0 Å². The smallest absolute Gasteiger partial charge is 0.174 e. The lowest BCUT2D eigenvalue weighted by molar-refractivity contribution is 0.758. The second-order valence-corrected chi connectivity index (χ2v) is 9.44. The van der Waals surface area contributed by atoms with Gasteiger partial charge in [0.1, 0.15) is 10.7 Å². The first-order valence-electron chi connectivity index (χ1n) is 11.7. The van der Waals surface area contributed by atoms with E-state index in [1.807, 2.05) is 24.3 Å². The zero-order valence-corrected chi connectivity index (χ0v) is 20.6. The first-order chi connectivity index (χ1) is 17.1. The van der Waals surface area contributed by atoms with Crippen LogP contribution in [0.25, 0.3) is 16.9 Å². The maximum absolute atomic E-state index is 13.5. The molecule has 0 saturated heterocycles. The highest BCUT2D eigenvalue weighted by Crippen LogP contribution is 2.30. The first kappa shape index (κ1) is 23.1. The molecule has 1 N–H and O–H groups in total. The number of aryl methyl sites for hydroxylation is 1. The number of nitrogens with zero attached hydrogens (tertiary/aromatic N) is 3. The highest BCUT2D eigenvalue weighted by molar-refractivity contribution is 7.94. The minimum atomic E-state index is 0.167. The van der Waals surface area contributed by atoms with Gasteiger partial charge in [-0.05, 0) is 41.5 Å². The fourth-order valence-electron chi connectivity index (χ4n) is 4.36. The van der Waals surface area contributed by atoms with Crippen LogP contribution in [0.2, 0.25) is 0 Å². The molecule has 0 amide bonds. The standard InChI is InChI=1S/C29H27FN4S/c1-20-8-6-7-11-25(20)26-17-28(34-29(33-26)27(35-30)19-32-34)31-18-23-12-14-24(15-13-23)21(2)16-22-9-4-3-5-10-22/h3-15,17,19,21,31H,16,18H2,1-2H3. The second-order valence-electron chi connectivity index (χ2n) is 8.85. The summed E-state index contributed by atoms with van der Waals surface area (Å²) in [5.41, 5.74) is 7.26. The van der Waals surface area contributed by atoms with Crippen molar-refractivity contribution in [2.24, 2.45) is 0 Å². The third-order valence-corrected chi connectivity index (χ3v) is 6.80. The number of nitrogens with one attached hydrogen (secondary N) is 1. The molecule has 0 aliphatic rings. The zero-order valence-electron chi connectivity index (χ0n) is 19.8. The van der Waals surface area contributed by atoms with Gasteiger partial charge < -0.3 is 5.32 Å². The Morgan fingerprint density at radius 3 is 2.43 bits per heavy atom. The molecule has 5 rings (SSSR count). The molecule has 0 bridgehead atoms. The van der Waals surface area contributed by atoms with Gasteiger partial charge in [0.2, 0.25) is 0 Å². The number of rotatable bonds is 8. The van der Waals surface area contributed by atoms with Gasteiger partial charge in [0.05, 0.1) is 24.0 Å². The molecule has 2 heterocycles. The van der Waals surface area contributed by atoms with E-state index in [9.17, 15) is 3.89 Å². The van der Waals surface area contributed by atoms with Gasteiger partial charge in [-0.2, -0.15) is 13.5 Å². The summed E-state index contributed by atoms with van der Waals surface area (Å²) in [7, 11) is 0. The third kappa shape index (κ3) is 5.08. The van der Waals surface area contributed by atoms with Crippen molar-refractivity contribution in [2.45, 2.75) is 37.6 Å². The van der Waals surface area contributed by atoms with Gasteiger partial charge in [0.15, 0.2) is 5.65 Å². The molecule has 0 saturated carbocycles. The maximum Gasteiger partial charge on any atom is 0.174 e. The van der Waals surface area contributed by atoms with Crippen molar-refractivity contribution in [1.29, 1.82) is 0 Å². The fraction of sp³-hybridized carbons (Fsp3) is 0.172. The van der Waals surface area contributed by atoms with E-state index in [0.717, 1.165) is 34.6 Å². The Kier molecular flexibility index (Phi) is 6.82. The van der Waals surface area contributed by atoms with Crippen molar-refractivity contribution < 1.29 is 3.89 Å². The van der Waals surface area contributed by atoms with Crippen LogP contribution >= 0.6 is 12.1 Å². The number of hydrogen-bond acceptors (Lipinski definition) is 4. The molecule has 3 aromatic carbocycles. The molecule has 0 spiro atoms. The van der Waals surface area contributed by atoms with E-state index in [1.165, 1.54) is 17.3 Å². The summed E-state index contributed by atoms with van der Waals surface area (Å²) >= 11 is 0.167. The van der Waals surface area contributed by atoms with Crippen molar-refractivity contribution >= 4 is 23.6 Å². The molecule has 2 aromatic heterocycles. The lowest BCUT2D eigenvalue weighted by Gasteiger charge is -2.14. The Balaban J connectivity index is 1.37. The Morgan fingerprint density at radius 1 is 0.943 bits per heavy atom. The monoisotopic (exact) mass is 482 g/mol. The highest BCUT2D eigenvalue weighted by atomic mass is 32.2. The summed E-state index contributed by atoms with van der Waals surface area (Å²) in [6, 6.07) is 29.4. The molecule has 5 aromatic rings. The Morgan fingerprint density at radius 2 is 1.69 bits per heavy atom. The van der Waals surface area contributed by atoms with Gasteiger partial charge in [-0.25, -0.2) is 4.98 Å². The molecule has 0 aliphatic carbocycles. The van der Waals surface area contributed by atoms with Crippen LogP contribution < -0.4 is 5.32 Å². The Bertz CT molecular complexity index is 1430. The van der Waals surface area contributed by atoms with Crippen LogP contribution in [0.1, 0.15) is 35.1 Å². The van der Waals surface area contributed by atoms with Gasteiger partial charge in [-0.15, -0.1) is 0 Å². The van der Waals surface area contributed by atoms with Crippen molar-refractivity contribution in [2.75, 3.05) is 5.32 Å². The average molecular weight is 483 g/mol. The van der Waals surface area contributed by atoms with Gasteiger partial charge in [-0.1, -0.05) is 85.8 Å². The molecule has 0 radical (unpaired) electrons. The van der Waals surface area contributed by atoms with Crippen LogP contribution in [0.5, 0.6) is 0 Å². The number of benzene rings is 3. The largest absolute Gasteiger partial charge is 0.366 e. The Labute approximate surface area is 209 Å². The lowest BCUT2D eigenvalue weighted by atomic mass is 9.93. The summed E-state index contributed by atoms with van der Waals surface area (Å²) in [6.07, 6.45) is 2.53. The second kappa shape index (κ2) is 10.3. The van der Waals surface area contributed by atoms with Gasteiger partial charge >= 0.3 is 0 Å². The van der Waals surface area contributed by atoms with E-state index < -0.39 is 0 Å². The molecule has 0 fully saturated rings. The molecule has 35 heavy (non-hydrogen) atoms. The topological polar surface area (TPSA) is 42.2 Å². The average Bonchev–Trinajstić information content (AvgIpc) is 3.31. The van der Waals surface area contributed by atoms with Crippen LogP contribution in [0, 0.1) is 6.92 Å². The van der Waals surface area contributed by atoms with Crippen molar-refractivity contribution in [3.8, 4) is 11.3 Å². The van der Waals surface area contributed by atoms with Crippen LogP contribution in [0.4, 0.5) is 9.70 Å². The summed E-state index contributed by atoms with van der Waals surface area (Å²) in [4.78, 5) is 5.12. The molecule has 4 nitrogen and oxygen atoms in total. The summed E-state index contributed by atoms with van der Waals surface area (Å²) in [5.74, 6) is 1.21. The third-order valence-electron chi connectivity index (χ3n) is 6.35. The normalized spacial score (nSPS) is 12.1. The van der Waals surface area contributed by atoms with Crippen molar-refractivity contribution in [3.05, 3.63) is 113 Å². The van der Waals surface area contributed by atoms with Crippen molar-refractivity contribution in [3.63, 3.8) is 0 Å². The van der Waals surface area contributed by atoms with Crippen LogP contribution in [0.3, 0.4) is 0 Å². The SMILES string of the molecule is Cc1ccccc1-c1cc(NCc2ccc(C(C)Cc3ccccc3)cc2)n2ncc(SF)c2n1. The van der Waals surface area contributed by atoms with E-state index in [0.29, 0.717) is 23.0 Å². The number of halogens is 1. The molecular weight excluding hydrogens is 455 g/mol. The molecule has 1 atom stereocenters. The molecule has 6 heteroatoms. The van der Waals surface area contributed by atoms with Gasteiger partial charge in [-0.3, -0.25) is 0 Å². The zero-order chi connectivity index (χ0) is 24.2. The van der Waals surface area contributed by atoms with Crippen LogP contribution in [-0.2, 0) is 13.0 Å². The molecule has 176 valence electrons. The van der Waals surface area contributed by atoms with E-state index >= 15 is 0 Å². The van der Waals surface area contributed by atoms with Gasteiger partial charge in [0.25, 0.3) is 0 Å². The lowest BCUT2D eigenvalue weighted by Crippen LogP contribution is -2.07. The van der Waals surface area contributed by atoms with E-state index in [4.69, 9.17) is 4.98 Å². The molecule has 0 aliphatic heterocycles. The summed E-state index contributed by atoms with van der Waals surface area (Å²) in [5, 5.41) is 7.86. The maximum atomic E-state index is 13.5. The minimum Gasteiger partial charge on any atom is -0.366 e. The number of anilines is 1. The predicted molar refractivity (Wildman–Crippen MR) is 142 cm³/mol. The van der Waals surface area contributed by atoms with E-state index in [1.54, 1.807) is 4.52 Å². The summed E-state index contributed by atoms with van der Waals surface area (Å²) < 4.78 is 15.2. The number of hydrogen-bond donors (Lipinski definition) is 1. The highest BCUT2D eigenvalue weighted by Gasteiger charge is 2.14. The molecular formula is C29H27FN4S. The van der Waals surface area contributed by atoms with E-state index in [-0.39, 0.29) is 12.1 Å². The number of aromatic nitrogens is 3. The summed E-state index contributed by atoms with van der Waals surface area (Å²) in [6.45, 7) is 4.94.